The van der Waals surface area contributed by atoms with Crippen molar-refractivity contribution < 1.29 is 9.53 Å². The van der Waals surface area contributed by atoms with E-state index in [0.29, 0.717) is 23.9 Å². The van der Waals surface area contributed by atoms with E-state index in [1.54, 1.807) is 22.8 Å². The molecular weight excluding hydrogens is 366 g/mol. The topological polar surface area (TPSA) is 72.4 Å². The van der Waals surface area contributed by atoms with Crippen LogP contribution in [0, 0.1) is 5.92 Å². The molecule has 2 aliphatic heterocycles. The van der Waals surface area contributed by atoms with E-state index in [9.17, 15) is 9.59 Å². The van der Waals surface area contributed by atoms with Gasteiger partial charge in [-0.1, -0.05) is 29.8 Å². The molecule has 1 fully saturated rings. The molecule has 142 valence electrons. The second kappa shape index (κ2) is 7.74. The molecule has 7 heteroatoms. The Morgan fingerprint density at radius 2 is 2.07 bits per heavy atom. The minimum Gasteiger partial charge on any atom is -0.490 e. The average molecular weight is 388 g/mol. The molecule has 1 amide bonds. The molecule has 1 saturated heterocycles. The molecule has 0 unspecified atom stereocenters. The van der Waals surface area contributed by atoms with Gasteiger partial charge in [0.05, 0.1) is 11.6 Å². The summed E-state index contributed by atoms with van der Waals surface area (Å²) in [6, 6.07) is 12.0. The van der Waals surface area contributed by atoms with E-state index in [2.05, 4.69) is 10.6 Å². The number of rotatable bonds is 5. The largest absolute Gasteiger partial charge is 0.490 e. The number of para-hydroxylation sites is 1. The minimum atomic E-state index is -0.488. The molecule has 4 rings (SSSR count). The number of pyridine rings is 1. The number of fused-ring (bicyclic) bond motifs is 4. The molecule has 27 heavy (non-hydrogen) atoms. The van der Waals surface area contributed by atoms with Gasteiger partial charge in [0.25, 0.3) is 5.56 Å². The van der Waals surface area contributed by atoms with Crippen molar-refractivity contribution in [3.05, 3.63) is 63.5 Å². The smallest absolute Gasteiger partial charge is 0.251 e. The van der Waals surface area contributed by atoms with Gasteiger partial charge in [-0.3, -0.25) is 14.2 Å². The highest BCUT2D eigenvalue weighted by Crippen LogP contribution is 2.38. The molecule has 3 atom stereocenters. The van der Waals surface area contributed by atoms with Crippen molar-refractivity contribution in [3.8, 4) is 5.75 Å². The first-order valence-electron chi connectivity index (χ1n) is 9.22. The van der Waals surface area contributed by atoms with Crippen LogP contribution in [0.2, 0.25) is 5.02 Å². The van der Waals surface area contributed by atoms with E-state index in [4.69, 9.17) is 16.3 Å². The maximum atomic E-state index is 12.9. The highest BCUT2D eigenvalue weighted by molar-refractivity contribution is 6.32. The van der Waals surface area contributed by atoms with E-state index >= 15 is 0 Å². The number of carbonyl (C=O) groups excluding carboxylic acids is 1. The van der Waals surface area contributed by atoms with Crippen LogP contribution < -0.4 is 20.9 Å². The highest BCUT2D eigenvalue weighted by Gasteiger charge is 2.41. The predicted molar refractivity (Wildman–Crippen MR) is 103 cm³/mol. The second-order valence-electron chi connectivity index (χ2n) is 7.02. The summed E-state index contributed by atoms with van der Waals surface area (Å²) in [7, 11) is 0. The summed E-state index contributed by atoms with van der Waals surface area (Å²) in [5.74, 6) is 0.845. The van der Waals surface area contributed by atoms with Gasteiger partial charge in [-0.25, -0.2) is 0 Å². The molecule has 2 aliphatic rings. The van der Waals surface area contributed by atoms with Gasteiger partial charge < -0.3 is 15.4 Å². The fourth-order valence-corrected chi connectivity index (χ4v) is 4.32. The summed E-state index contributed by atoms with van der Waals surface area (Å²) in [5, 5.41) is 6.85. The van der Waals surface area contributed by atoms with Crippen molar-refractivity contribution in [2.45, 2.75) is 18.4 Å². The summed E-state index contributed by atoms with van der Waals surface area (Å²) in [6.45, 7) is 2.25. The summed E-state index contributed by atoms with van der Waals surface area (Å²) >= 11 is 6.06. The Bertz CT molecular complexity index is 898. The third kappa shape index (κ3) is 3.59. The standard InChI is InChI=1S/C20H22ClN3O3/c21-15-4-1-2-6-17(15)27-9-8-23-20(26)19-14-10-13(11-22-12-14)16-5-3-7-18(25)24(16)19/h1-7,13-14,19,22H,8-12H2,(H,23,26)/t13-,14+,19-/m1/s1. The average Bonchev–Trinajstić information content (AvgIpc) is 2.68. The van der Waals surface area contributed by atoms with Gasteiger partial charge >= 0.3 is 0 Å². The molecule has 6 nitrogen and oxygen atoms in total. The van der Waals surface area contributed by atoms with Gasteiger partial charge in [0, 0.05) is 36.7 Å². The molecule has 0 saturated carbocycles. The lowest BCUT2D eigenvalue weighted by Gasteiger charge is -2.42. The Labute approximate surface area is 162 Å². The van der Waals surface area contributed by atoms with Gasteiger partial charge in [0.1, 0.15) is 18.4 Å². The van der Waals surface area contributed by atoms with Crippen LogP contribution in [0.1, 0.15) is 24.1 Å². The first-order valence-corrected chi connectivity index (χ1v) is 9.60. The minimum absolute atomic E-state index is 0.112. The fourth-order valence-electron chi connectivity index (χ4n) is 4.13. The number of carbonyl (C=O) groups is 1. The molecule has 2 aromatic rings. The fraction of sp³-hybridized carbons (Fsp3) is 0.400. The van der Waals surface area contributed by atoms with Crippen molar-refractivity contribution in [3.63, 3.8) is 0 Å². The molecule has 1 aromatic heterocycles. The number of nitrogens with one attached hydrogen (secondary N) is 2. The van der Waals surface area contributed by atoms with Crippen LogP contribution in [0.25, 0.3) is 0 Å². The first kappa shape index (κ1) is 18.1. The number of ether oxygens (including phenoxy) is 1. The third-order valence-corrected chi connectivity index (χ3v) is 5.63. The molecule has 3 heterocycles. The Morgan fingerprint density at radius 1 is 1.22 bits per heavy atom. The first-order chi connectivity index (χ1) is 13.1. The molecule has 2 bridgehead atoms. The number of amides is 1. The monoisotopic (exact) mass is 387 g/mol. The maximum absolute atomic E-state index is 12.9. The zero-order valence-electron chi connectivity index (χ0n) is 14.9. The lowest BCUT2D eigenvalue weighted by molar-refractivity contribution is -0.127. The van der Waals surface area contributed by atoms with E-state index < -0.39 is 6.04 Å². The summed E-state index contributed by atoms with van der Waals surface area (Å²) in [6.07, 6.45) is 0.921. The maximum Gasteiger partial charge on any atom is 0.251 e. The number of piperidine rings is 1. The number of benzene rings is 1. The van der Waals surface area contributed by atoms with Gasteiger partial charge in [-0.15, -0.1) is 0 Å². The number of hydrogen-bond donors (Lipinski definition) is 2. The van der Waals surface area contributed by atoms with Gasteiger partial charge in [0.15, 0.2) is 0 Å². The van der Waals surface area contributed by atoms with Gasteiger partial charge in [-0.2, -0.15) is 0 Å². The van der Waals surface area contributed by atoms with Crippen LogP contribution in [0.5, 0.6) is 5.75 Å². The van der Waals surface area contributed by atoms with Crippen LogP contribution in [-0.2, 0) is 4.79 Å². The Hall–Kier alpha value is -2.31. The van der Waals surface area contributed by atoms with E-state index in [1.807, 2.05) is 18.2 Å². The Kier molecular flexibility index (Phi) is 5.18. The number of halogens is 1. The zero-order valence-corrected chi connectivity index (χ0v) is 15.6. The van der Waals surface area contributed by atoms with Crippen molar-refractivity contribution >= 4 is 17.5 Å². The van der Waals surface area contributed by atoms with Crippen molar-refractivity contribution in [1.82, 2.24) is 15.2 Å². The van der Waals surface area contributed by atoms with Crippen LogP contribution in [0.3, 0.4) is 0 Å². The predicted octanol–water partition coefficient (Wildman–Crippen LogP) is 1.94. The van der Waals surface area contributed by atoms with Crippen molar-refractivity contribution in [2.24, 2.45) is 5.92 Å². The van der Waals surface area contributed by atoms with Crippen LogP contribution in [0.15, 0.2) is 47.3 Å². The lowest BCUT2D eigenvalue weighted by atomic mass is 9.79. The molecule has 0 spiro atoms. The summed E-state index contributed by atoms with van der Waals surface area (Å²) in [5.41, 5.74) is 0.829. The molecule has 0 radical (unpaired) electrons. The van der Waals surface area contributed by atoms with E-state index in [0.717, 1.165) is 25.2 Å². The molecular formula is C20H22ClN3O3. The van der Waals surface area contributed by atoms with E-state index in [1.165, 1.54) is 6.07 Å². The second-order valence-corrected chi connectivity index (χ2v) is 7.43. The zero-order chi connectivity index (χ0) is 18.8. The number of aromatic nitrogens is 1. The normalized spacial score (nSPS) is 23.4. The van der Waals surface area contributed by atoms with Crippen LogP contribution in [-0.4, -0.2) is 36.7 Å². The molecule has 0 aliphatic carbocycles. The third-order valence-electron chi connectivity index (χ3n) is 5.31. The number of hydrogen-bond acceptors (Lipinski definition) is 4. The quantitative estimate of drug-likeness (QED) is 0.769. The van der Waals surface area contributed by atoms with E-state index in [-0.39, 0.29) is 23.3 Å². The molecule has 2 N–H and O–H groups in total. The van der Waals surface area contributed by atoms with Crippen LogP contribution in [0.4, 0.5) is 0 Å². The SMILES string of the molecule is O=C(NCCOc1ccccc1Cl)[C@H]1[C@@H]2CNC[C@@H](C2)c2cccc(=O)n21. The van der Waals surface area contributed by atoms with Crippen LogP contribution >= 0.6 is 11.6 Å². The number of nitrogens with zero attached hydrogens (tertiary/aromatic N) is 1. The lowest BCUT2D eigenvalue weighted by Crippen LogP contribution is -2.52. The Morgan fingerprint density at radius 3 is 2.93 bits per heavy atom. The van der Waals surface area contributed by atoms with Gasteiger partial charge in [-0.05, 0) is 24.6 Å². The van der Waals surface area contributed by atoms with Crippen molar-refractivity contribution in [1.29, 1.82) is 0 Å². The highest BCUT2D eigenvalue weighted by atomic mass is 35.5. The summed E-state index contributed by atoms with van der Waals surface area (Å²) in [4.78, 5) is 25.4. The van der Waals surface area contributed by atoms with Crippen molar-refractivity contribution in [2.75, 3.05) is 26.2 Å². The summed E-state index contributed by atoms with van der Waals surface area (Å²) < 4.78 is 7.31. The van der Waals surface area contributed by atoms with Gasteiger partial charge in [0.2, 0.25) is 5.91 Å². The Balaban J connectivity index is 1.45. The molecule has 1 aromatic carbocycles.